The summed E-state index contributed by atoms with van der Waals surface area (Å²) in [5.41, 5.74) is 10.4. The number of hydrogen-bond donors (Lipinski definition) is 2. The maximum absolute atomic E-state index is 7.52. The van der Waals surface area contributed by atoms with Crippen LogP contribution in [0.2, 0.25) is 0 Å². The Hall–Kier alpha value is -2.88. The van der Waals surface area contributed by atoms with Gasteiger partial charge in [-0.15, -0.1) is 0 Å². The summed E-state index contributed by atoms with van der Waals surface area (Å²) >= 11 is 0. The van der Waals surface area contributed by atoms with E-state index < -0.39 is 0 Å². The first-order valence-corrected chi connectivity index (χ1v) is 6.70. The van der Waals surface area contributed by atoms with E-state index in [1.807, 2.05) is 60.4 Å². The number of nitrogens with zero attached hydrogens (tertiary/aromatic N) is 2. The molecule has 3 rings (SSSR count). The lowest BCUT2D eigenvalue weighted by molar-refractivity contribution is 0.879. The van der Waals surface area contributed by atoms with Crippen molar-refractivity contribution in [2.45, 2.75) is 6.92 Å². The van der Waals surface area contributed by atoms with Gasteiger partial charge in [-0.2, -0.15) is 5.10 Å². The van der Waals surface area contributed by atoms with Crippen molar-refractivity contribution >= 4 is 5.84 Å². The SMILES string of the molecule is Cc1cc(-n2cc(-c3ccccc3)cn2)ccc1C(=N)N. The minimum atomic E-state index is 0.0875. The number of nitrogens with two attached hydrogens (primary N) is 1. The van der Waals surface area contributed by atoms with Crippen LogP contribution in [0.1, 0.15) is 11.1 Å². The van der Waals surface area contributed by atoms with Crippen molar-refractivity contribution in [3.05, 3.63) is 72.1 Å². The molecule has 0 bridgehead atoms. The average Bonchev–Trinajstić information content (AvgIpc) is 2.97. The van der Waals surface area contributed by atoms with Gasteiger partial charge in [0.25, 0.3) is 0 Å². The number of nitrogen functional groups attached to an aromatic ring is 1. The first kappa shape index (κ1) is 13.1. The van der Waals surface area contributed by atoms with Crippen molar-refractivity contribution in [3.8, 4) is 16.8 Å². The highest BCUT2D eigenvalue weighted by Gasteiger charge is 2.06. The van der Waals surface area contributed by atoms with E-state index in [-0.39, 0.29) is 5.84 Å². The Morgan fingerprint density at radius 2 is 1.86 bits per heavy atom. The predicted molar refractivity (Wildman–Crippen MR) is 84.8 cm³/mol. The van der Waals surface area contributed by atoms with Gasteiger partial charge in [-0.25, -0.2) is 4.68 Å². The van der Waals surface area contributed by atoms with Crippen LogP contribution in [-0.4, -0.2) is 15.6 Å². The Morgan fingerprint density at radius 1 is 1.10 bits per heavy atom. The molecule has 0 atom stereocenters. The van der Waals surface area contributed by atoms with E-state index in [2.05, 4.69) is 17.2 Å². The minimum Gasteiger partial charge on any atom is -0.384 e. The van der Waals surface area contributed by atoms with Crippen molar-refractivity contribution in [1.82, 2.24) is 9.78 Å². The van der Waals surface area contributed by atoms with Crippen LogP contribution in [0, 0.1) is 12.3 Å². The second-order valence-electron chi connectivity index (χ2n) is 4.95. The third-order valence-corrected chi connectivity index (χ3v) is 3.45. The predicted octanol–water partition coefficient (Wildman–Crippen LogP) is 3.13. The fraction of sp³-hybridized carbons (Fsp3) is 0.0588. The van der Waals surface area contributed by atoms with Gasteiger partial charge >= 0.3 is 0 Å². The zero-order valence-electron chi connectivity index (χ0n) is 11.7. The fourth-order valence-corrected chi connectivity index (χ4v) is 2.34. The molecule has 3 N–H and O–H groups in total. The Kier molecular flexibility index (Phi) is 3.28. The first-order valence-electron chi connectivity index (χ1n) is 6.70. The van der Waals surface area contributed by atoms with Crippen molar-refractivity contribution in [2.24, 2.45) is 5.73 Å². The average molecular weight is 276 g/mol. The monoisotopic (exact) mass is 276 g/mol. The molecular weight excluding hydrogens is 260 g/mol. The lowest BCUT2D eigenvalue weighted by atomic mass is 10.1. The molecule has 4 heteroatoms. The molecule has 0 aliphatic rings. The maximum Gasteiger partial charge on any atom is 0.123 e. The molecule has 104 valence electrons. The van der Waals surface area contributed by atoms with Gasteiger partial charge in [-0.1, -0.05) is 30.3 Å². The van der Waals surface area contributed by atoms with E-state index in [0.717, 1.165) is 27.9 Å². The maximum atomic E-state index is 7.52. The number of hydrogen-bond acceptors (Lipinski definition) is 2. The van der Waals surface area contributed by atoms with Crippen LogP contribution >= 0.6 is 0 Å². The normalized spacial score (nSPS) is 10.5. The van der Waals surface area contributed by atoms with Gasteiger partial charge in [0.1, 0.15) is 5.84 Å². The molecular formula is C17H16N4. The Morgan fingerprint density at radius 3 is 2.52 bits per heavy atom. The van der Waals surface area contributed by atoms with Gasteiger partial charge in [-0.05, 0) is 36.2 Å². The molecule has 2 aromatic carbocycles. The van der Waals surface area contributed by atoms with Gasteiger partial charge < -0.3 is 5.73 Å². The van der Waals surface area contributed by atoms with E-state index in [1.165, 1.54) is 0 Å². The van der Waals surface area contributed by atoms with E-state index in [4.69, 9.17) is 11.1 Å². The van der Waals surface area contributed by atoms with Crippen LogP contribution in [0.15, 0.2) is 60.9 Å². The molecule has 0 saturated carbocycles. The van der Waals surface area contributed by atoms with Crippen molar-refractivity contribution in [2.75, 3.05) is 0 Å². The van der Waals surface area contributed by atoms with Crippen LogP contribution in [-0.2, 0) is 0 Å². The van der Waals surface area contributed by atoms with Crippen molar-refractivity contribution in [1.29, 1.82) is 5.41 Å². The molecule has 0 radical (unpaired) electrons. The molecule has 21 heavy (non-hydrogen) atoms. The molecule has 4 nitrogen and oxygen atoms in total. The van der Waals surface area contributed by atoms with Crippen molar-refractivity contribution < 1.29 is 0 Å². The number of aryl methyl sites for hydroxylation is 1. The summed E-state index contributed by atoms with van der Waals surface area (Å²) in [7, 11) is 0. The molecule has 0 saturated heterocycles. The fourth-order valence-electron chi connectivity index (χ4n) is 2.34. The van der Waals surface area contributed by atoms with Gasteiger partial charge in [-0.3, -0.25) is 5.41 Å². The lowest BCUT2D eigenvalue weighted by Gasteiger charge is -2.07. The van der Waals surface area contributed by atoms with E-state index in [9.17, 15) is 0 Å². The Bertz CT molecular complexity index is 788. The number of amidine groups is 1. The molecule has 0 aliphatic heterocycles. The largest absolute Gasteiger partial charge is 0.384 e. The lowest BCUT2D eigenvalue weighted by Crippen LogP contribution is -2.13. The third kappa shape index (κ3) is 2.56. The van der Waals surface area contributed by atoms with E-state index in [1.54, 1.807) is 0 Å². The van der Waals surface area contributed by atoms with Gasteiger partial charge in [0.05, 0.1) is 11.9 Å². The molecule has 0 fully saturated rings. The van der Waals surface area contributed by atoms with Crippen LogP contribution < -0.4 is 5.73 Å². The highest BCUT2D eigenvalue weighted by Crippen LogP contribution is 2.20. The van der Waals surface area contributed by atoms with Gasteiger partial charge in [0, 0.05) is 17.3 Å². The summed E-state index contributed by atoms with van der Waals surface area (Å²) in [6, 6.07) is 15.9. The van der Waals surface area contributed by atoms with Crippen LogP contribution in [0.25, 0.3) is 16.8 Å². The summed E-state index contributed by atoms with van der Waals surface area (Å²) in [5, 5.41) is 11.9. The van der Waals surface area contributed by atoms with E-state index >= 15 is 0 Å². The summed E-state index contributed by atoms with van der Waals surface area (Å²) in [6.45, 7) is 1.95. The van der Waals surface area contributed by atoms with Crippen LogP contribution in [0.5, 0.6) is 0 Å². The van der Waals surface area contributed by atoms with Gasteiger partial charge in [0.15, 0.2) is 0 Å². The minimum absolute atomic E-state index is 0.0875. The molecule has 0 spiro atoms. The Balaban J connectivity index is 1.97. The highest BCUT2D eigenvalue weighted by molar-refractivity contribution is 5.96. The van der Waals surface area contributed by atoms with Crippen LogP contribution in [0.3, 0.4) is 0 Å². The van der Waals surface area contributed by atoms with Crippen LogP contribution in [0.4, 0.5) is 0 Å². The second kappa shape index (κ2) is 5.25. The zero-order valence-corrected chi connectivity index (χ0v) is 11.7. The number of nitrogens with one attached hydrogen (secondary N) is 1. The van der Waals surface area contributed by atoms with Gasteiger partial charge in [0.2, 0.25) is 0 Å². The molecule has 0 aliphatic carbocycles. The quantitative estimate of drug-likeness (QED) is 0.570. The van der Waals surface area contributed by atoms with E-state index in [0.29, 0.717) is 0 Å². The number of rotatable bonds is 3. The third-order valence-electron chi connectivity index (χ3n) is 3.45. The zero-order chi connectivity index (χ0) is 14.8. The Labute approximate surface area is 123 Å². The molecule has 3 aromatic rings. The number of aromatic nitrogens is 2. The second-order valence-corrected chi connectivity index (χ2v) is 4.95. The summed E-state index contributed by atoms with van der Waals surface area (Å²) in [6.07, 6.45) is 3.85. The number of benzene rings is 2. The van der Waals surface area contributed by atoms with Crippen molar-refractivity contribution in [3.63, 3.8) is 0 Å². The topological polar surface area (TPSA) is 67.7 Å². The smallest absolute Gasteiger partial charge is 0.123 e. The summed E-state index contributed by atoms with van der Waals surface area (Å²) in [4.78, 5) is 0. The molecule has 0 amide bonds. The molecule has 1 aromatic heterocycles. The first-order chi connectivity index (χ1) is 10.1. The molecule has 0 unspecified atom stereocenters. The highest BCUT2D eigenvalue weighted by atomic mass is 15.3. The summed E-state index contributed by atoms with van der Waals surface area (Å²) < 4.78 is 1.83. The summed E-state index contributed by atoms with van der Waals surface area (Å²) in [5.74, 6) is 0.0875. The standard InChI is InChI=1S/C17H16N4/c1-12-9-15(7-8-16(12)17(18)19)21-11-14(10-20-21)13-5-3-2-4-6-13/h2-11H,1H3,(H3,18,19). The molecule has 1 heterocycles.